The van der Waals surface area contributed by atoms with Crippen LogP contribution in [0.3, 0.4) is 0 Å². The highest BCUT2D eigenvalue weighted by Crippen LogP contribution is 2.35. The van der Waals surface area contributed by atoms with Gasteiger partial charge in [-0.15, -0.1) is 0 Å². The largest absolute Gasteiger partial charge is 0.323 e. The number of thioether (sulfide) groups is 1. The monoisotopic (exact) mass is 285 g/mol. The summed E-state index contributed by atoms with van der Waals surface area (Å²) in [4.78, 5) is 18.1. The van der Waals surface area contributed by atoms with Gasteiger partial charge in [-0.3, -0.25) is 9.79 Å². The number of amidine groups is 1. The number of carbonyl (C=O) groups excluding carboxylic acids is 1. The predicted molar refractivity (Wildman–Crippen MR) is 84.5 cm³/mol. The van der Waals surface area contributed by atoms with Crippen LogP contribution in [0.4, 0.5) is 5.69 Å². The number of carbonyl (C=O) groups is 1. The molecule has 2 heterocycles. The smallest absolute Gasteiger partial charge is 0.248 e. The minimum absolute atomic E-state index is 0.107. The van der Waals surface area contributed by atoms with E-state index >= 15 is 0 Å². The summed E-state index contributed by atoms with van der Waals surface area (Å²) < 4.78 is 0. The van der Waals surface area contributed by atoms with Crippen molar-refractivity contribution in [2.24, 2.45) is 4.99 Å². The van der Waals surface area contributed by atoms with Gasteiger partial charge in [-0.25, -0.2) is 0 Å². The van der Waals surface area contributed by atoms with Crippen LogP contribution in [0, 0.1) is 0 Å². The summed E-state index contributed by atoms with van der Waals surface area (Å²) in [5.41, 5.74) is 3.14. The maximum absolute atomic E-state index is 11.5. The van der Waals surface area contributed by atoms with Crippen LogP contribution in [0.2, 0.25) is 0 Å². The number of fused-ring (bicyclic) bond motifs is 1. The molecule has 1 aromatic rings. The van der Waals surface area contributed by atoms with E-state index in [9.17, 15) is 4.79 Å². The zero-order chi connectivity index (χ0) is 13.9. The van der Waals surface area contributed by atoms with E-state index in [4.69, 9.17) is 0 Å². The van der Waals surface area contributed by atoms with E-state index in [1.165, 1.54) is 11.8 Å². The number of nitrogens with one attached hydrogen (secondary N) is 1. The number of aliphatic imine (C=N–C) groups is 1. The molecular weight excluding hydrogens is 270 g/mol. The van der Waals surface area contributed by atoms with Gasteiger partial charge in [-0.1, -0.05) is 30.0 Å². The molecule has 1 amide bonds. The second-order valence-corrected chi connectivity index (χ2v) is 5.34. The van der Waals surface area contributed by atoms with Gasteiger partial charge in [-0.2, -0.15) is 0 Å². The molecule has 0 saturated carbocycles. The Bertz CT molecular complexity index is 617. The zero-order valence-electron chi connectivity index (χ0n) is 11.2. The number of benzene rings is 1. The average Bonchev–Trinajstić information content (AvgIpc) is 3.02. The lowest BCUT2D eigenvalue weighted by molar-refractivity contribution is -0.111. The second-order valence-electron chi connectivity index (χ2n) is 4.50. The van der Waals surface area contributed by atoms with Crippen LogP contribution in [0.15, 0.2) is 46.8 Å². The Labute approximate surface area is 122 Å². The SMILES string of the molecule is CC=CC(=O)Nc1ccc(C2=CSC3=NCCN23)cc1. The number of hydrogen-bond acceptors (Lipinski definition) is 4. The van der Waals surface area contributed by atoms with Crippen LogP contribution >= 0.6 is 11.8 Å². The third-order valence-electron chi connectivity index (χ3n) is 3.13. The average molecular weight is 285 g/mol. The summed E-state index contributed by atoms with van der Waals surface area (Å²) in [7, 11) is 0. The van der Waals surface area contributed by atoms with Gasteiger partial charge in [0.1, 0.15) is 0 Å². The molecule has 4 nitrogen and oxygen atoms in total. The standard InChI is InChI=1S/C15H15N3OS/c1-2-3-14(19)17-12-6-4-11(5-7-12)13-10-20-15-16-8-9-18(13)15/h2-7,10H,8-9H2,1H3,(H,17,19). The molecule has 0 fully saturated rings. The highest BCUT2D eigenvalue weighted by atomic mass is 32.2. The first kappa shape index (κ1) is 13.0. The van der Waals surface area contributed by atoms with Gasteiger partial charge in [0.25, 0.3) is 0 Å². The van der Waals surface area contributed by atoms with Crippen molar-refractivity contribution in [3.8, 4) is 0 Å². The third-order valence-corrected chi connectivity index (χ3v) is 4.04. The molecule has 20 heavy (non-hydrogen) atoms. The van der Waals surface area contributed by atoms with Crippen LogP contribution in [0.1, 0.15) is 12.5 Å². The summed E-state index contributed by atoms with van der Waals surface area (Å²) in [6.45, 7) is 3.65. The molecule has 0 aromatic heterocycles. The van der Waals surface area contributed by atoms with Crippen molar-refractivity contribution in [1.82, 2.24) is 4.90 Å². The Kier molecular flexibility index (Phi) is 3.60. The van der Waals surface area contributed by atoms with Gasteiger partial charge in [-0.05, 0) is 30.7 Å². The summed E-state index contributed by atoms with van der Waals surface area (Å²) in [6, 6.07) is 7.90. The first-order chi connectivity index (χ1) is 9.78. The summed E-state index contributed by atoms with van der Waals surface area (Å²) >= 11 is 1.67. The molecule has 0 bridgehead atoms. The van der Waals surface area contributed by atoms with Gasteiger partial charge in [0.05, 0.1) is 12.2 Å². The van der Waals surface area contributed by atoms with Crippen molar-refractivity contribution >= 4 is 34.2 Å². The molecule has 0 radical (unpaired) electrons. The molecule has 3 rings (SSSR count). The number of allylic oxidation sites excluding steroid dienone is 1. The quantitative estimate of drug-likeness (QED) is 0.869. The summed E-state index contributed by atoms with van der Waals surface area (Å²) in [5, 5.41) is 6.04. The third kappa shape index (κ3) is 2.49. The number of anilines is 1. The second kappa shape index (κ2) is 5.54. The topological polar surface area (TPSA) is 44.7 Å². The van der Waals surface area contributed by atoms with E-state index in [-0.39, 0.29) is 5.91 Å². The van der Waals surface area contributed by atoms with Crippen molar-refractivity contribution in [1.29, 1.82) is 0 Å². The fourth-order valence-corrected chi connectivity index (χ4v) is 3.17. The molecule has 5 heteroatoms. The van der Waals surface area contributed by atoms with Crippen molar-refractivity contribution in [3.63, 3.8) is 0 Å². The molecule has 0 spiro atoms. The minimum atomic E-state index is -0.107. The first-order valence-electron chi connectivity index (χ1n) is 6.51. The van der Waals surface area contributed by atoms with Crippen LogP contribution in [-0.4, -0.2) is 29.1 Å². The molecule has 102 valence electrons. The van der Waals surface area contributed by atoms with E-state index in [0.29, 0.717) is 0 Å². The molecule has 2 aliphatic heterocycles. The Morgan fingerprint density at radius 1 is 1.40 bits per heavy atom. The molecule has 0 saturated heterocycles. The number of amides is 1. The van der Waals surface area contributed by atoms with E-state index in [1.54, 1.807) is 17.8 Å². The van der Waals surface area contributed by atoms with E-state index in [1.807, 2.05) is 31.2 Å². The Balaban J connectivity index is 1.74. The zero-order valence-corrected chi connectivity index (χ0v) is 12.0. The maximum Gasteiger partial charge on any atom is 0.248 e. The lowest BCUT2D eigenvalue weighted by atomic mass is 10.1. The molecule has 1 N–H and O–H groups in total. The Morgan fingerprint density at radius 2 is 2.20 bits per heavy atom. The predicted octanol–water partition coefficient (Wildman–Crippen LogP) is 2.92. The fraction of sp³-hybridized carbons (Fsp3) is 0.200. The van der Waals surface area contributed by atoms with Crippen LogP contribution in [-0.2, 0) is 4.79 Å². The number of nitrogens with zero attached hydrogens (tertiary/aromatic N) is 2. The Morgan fingerprint density at radius 3 is 2.95 bits per heavy atom. The van der Waals surface area contributed by atoms with Crippen molar-refractivity contribution < 1.29 is 4.79 Å². The van der Waals surface area contributed by atoms with Crippen LogP contribution in [0.5, 0.6) is 0 Å². The van der Waals surface area contributed by atoms with Crippen LogP contribution in [0.25, 0.3) is 5.70 Å². The van der Waals surface area contributed by atoms with Crippen molar-refractivity contribution in [2.45, 2.75) is 6.92 Å². The Hall–Kier alpha value is -2.01. The minimum Gasteiger partial charge on any atom is -0.323 e. The van der Waals surface area contributed by atoms with E-state index in [2.05, 4.69) is 20.6 Å². The maximum atomic E-state index is 11.5. The number of hydrogen-bond donors (Lipinski definition) is 1. The molecular formula is C15H15N3OS. The molecule has 1 aromatic carbocycles. The van der Waals surface area contributed by atoms with Crippen molar-refractivity contribution in [2.75, 3.05) is 18.4 Å². The normalized spacial score (nSPS) is 17.1. The fourth-order valence-electron chi connectivity index (χ4n) is 2.21. The van der Waals surface area contributed by atoms with E-state index in [0.717, 1.165) is 29.5 Å². The molecule has 0 atom stereocenters. The van der Waals surface area contributed by atoms with Gasteiger partial charge in [0.15, 0.2) is 5.17 Å². The molecule has 0 aliphatic carbocycles. The number of rotatable bonds is 3. The molecule has 0 unspecified atom stereocenters. The molecule has 2 aliphatic rings. The summed E-state index contributed by atoms with van der Waals surface area (Å²) in [6.07, 6.45) is 3.23. The van der Waals surface area contributed by atoms with Crippen LogP contribution < -0.4 is 5.32 Å². The lowest BCUT2D eigenvalue weighted by Crippen LogP contribution is -2.19. The highest BCUT2D eigenvalue weighted by Gasteiger charge is 2.26. The van der Waals surface area contributed by atoms with Gasteiger partial charge < -0.3 is 10.2 Å². The summed E-state index contributed by atoms with van der Waals surface area (Å²) in [5.74, 6) is -0.107. The van der Waals surface area contributed by atoms with Gasteiger partial charge in [0, 0.05) is 17.6 Å². The van der Waals surface area contributed by atoms with Gasteiger partial charge in [0.2, 0.25) is 5.91 Å². The first-order valence-corrected chi connectivity index (χ1v) is 7.39. The van der Waals surface area contributed by atoms with E-state index < -0.39 is 0 Å². The lowest BCUT2D eigenvalue weighted by Gasteiger charge is -2.16. The van der Waals surface area contributed by atoms with Gasteiger partial charge >= 0.3 is 0 Å². The highest BCUT2D eigenvalue weighted by molar-refractivity contribution is 8.16. The van der Waals surface area contributed by atoms with Crippen molar-refractivity contribution in [3.05, 3.63) is 47.4 Å².